The molecule has 1 aromatic carbocycles. The average Bonchev–Trinajstić information content (AvgIpc) is 2.40. The Balaban J connectivity index is 2.26. The molecule has 0 saturated heterocycles. The predicted octanol–water partition coefficient (Wildman–Crippen LogP) is 0.807. The van der Waals surface area contributed by atoms with Crippen LogP contribution in [-0.2, 0) is 9.53 Å². The van der Waals surface area contributed by atoms with E-state index in [0.29, 0.717) is 36.4 Å². The molecule has 0 radical (unpaired) electrons. The third-order valence-electron chi connectivity index (χ3n) is 3.26. The number of ketones is 1. The van der Waals surface area contributed by atoms with Crippen LogP contribution in [0.25, 0.3) is 0 Å². The van der Waals surface area contributed by atoms with E-state index in [9.17, 15) is 9.59 Å². The third kappa shape index (κ3) is 2.62. The van der Waals surface area contributed by atoms with Crippen LogP contribution in [0.1, 0.15) is 23.2 Å². The molecule has 102 valence electrons. The minimum Gasteiger partial charge on any atom is -0.469 e. The van der Waals surface area contributed by atoms with Gasteiger partial charge in [0.25, 0.3) is 0 Å². The maximum atomic E-state index is 11.9. The first-order chi connectivity index (χ1) is 9.02. The lowest BCUT2D eigenvalue weighted by atomic mass is 9.98. The molecule has 0 atom stereocenters. The molecule has 0 amide bonds. The molecule has 0 aliphatic carbocycles. The Bertz CT molecular complexity index is 528. The van der Waals surface area contributed by atoms with Crippen molar-refractivity contribution < 1.29 is 14.3 Å². The molecule has 1 aliphatic rings. The third-order valence-corrected chi connectivity index (χ3v) is 3.26. The number of carbonyl (C=O) groups excluding carboxylic acids is 2. The maximum Gasteiger partial charge on any atom is 0.307 e. The molecule has 0 saturated carbocycles. The second kappa shape index (κ2) is 5.17. The van der Waals surface area contributed by atoms with Crippen molar-refractivity contribution in [1.82, 2.24) is 0 Å². The van der Waals surface area contributed by atoms with Crippen molar-refractivity contribution >= 4 is 28.8 Å². The average molecular weight is 263 g/mol. The number of anilines is 3. The Morgan fingerprint density at radius 1 is 1.37 bits per heavy atom. The first-order valence-electron chi connectivity index (χ1n) is 6.07. The van der Waals surface area contributed by atoms with Crippen LogP contribution in [0.4, 0.5) is 17.1 Å². The van der Waals surface area contributed by atoms with Gasteiger partial charge in [-0.3, -0.25) is 9.59 Å². The number of esters is 1. The molecular weight excluding hydrogens is 246 g/mol. The molecule has 0 unspecified atom stereocenters. The molecule has 6 heteroatoms. The van der Waals surface area contributed by atoms with Gasteiger partial charge in [-0.2, -0.15) is 0 Å². The van der Waals surface area contributed by atoms with Crippen LogP contribution < -0.4 is 16.4 Å². The zero-order valence-corrected chi connectivity index (χ0v) is 10.8. The van der Waals surface area contributed by atoms with E-state index in [1.54, 1.807) is 12.1 Å². The van der Waals surface area contributed by atoms with Crippen LogP contribution in [0.15, 0.2) is 12.1 Å². The predicted molar refractivity (Wildman–Crippen MR) is 73.1 cm³/mol. The number of nitrogens with two attached hydrogens (primary N) is 2. The van der Waals surface area contributed by atoms with Gasteiger partial charge in [-0.05, 0) is 12.1 Å². The number of methoxy groups -OCH3 is 1. The largest absolute Gasteiger partial charge is 0.469 e. The molecule has 0 fully saturated rings. The number of carbonyl (C=O) groups is 2. The number of Topliss-reactive ketones (excluding diaryl/α,β-unsaturated/α-hetero) is 1. The molecule has 6 nitrogen and oxygen atoms in total. The summed E-state index contributed by atoms with van der Waals surface area (Å²) in [6.45, 7) is 1.07. The molecule has 1 heterocycles. The van der Waals surface area contributed by atoms with Gasteiger partial charge in [0.15, 0.2) is 5.78 Å². The van der Waals surface area contributed by atoms with Crippen molar-refractivity contribution in [3.8, 4) is 0 Å². The number of ether oxygens (including phenoxy) is 1. The summed E-state index contributed by atoms with van der Waals surface area (Å²) in [4.78, 5) is 25.0. The molecule has 0 bridgehead atoms. The van der Waals surface area contributed by atoms with Crippen molar-refractivity contribution in [3.63, 3.8) is 0 Å². The highest BCUT2D eigenvalue weighted by Crippen LogP contribution is 2.32. The first kappa shape index (κ1) is 13.2. The maximum absolute atomic E-state index is 11.9. The van der Waals surface area contributed by atoms with Crippen LogP contribution >= 0.6 is 0 Å². The molecule has 1 aromatic rings. The topological polar surface area (TPSA) is 98.6 Å². The normalized spacial score (nSPS) is 14.2. The molecule has 0 aromatic heterocycles. The fourth-order valence-electron chi connectivity index (χ4n) is 2.16. The van der Waals surface area contributed by atoms with Crippen LogP contribution in [0, 0.1) is 0 Å². The lowest BCUT2D eigenvalue weighted by Crippen LogP contribution is -2.34. The monoisotopic (exact) mass is 263 g/mol. The van der Waals surface area contributed by atoms with Crippen LogP contribution in [0.3, 0.4) is 0 Å². The number of benzene rings is 1. The van der Waals surface area contributed by atoms with E-state index in [0.717, 1.165) is 5.69 Å². The number of nitrogen functional groups attached to an aromatic ring is 2. The summed E-state index contributed by atoms with van der Waals surface area (Å²) >= 11 is 0. The summed E-state index contributed by atoms with van der Waals surface area (Å²) in [6.07, 6.45) is 0.686. The minimum atomic E-state index is -0.276. The van der Waals surface area contributed by atoms with Gasteiger partial charge in [-0.1, -0.05) is 0 Å². The lowest BCUT2D eigenvalue weighted by Gasteiger charge is -2.30. The van der Waals surface area contributed by atoms with Crippen molar-refractivity contribution in [3.05, 3.63) is 17.7 Å². The molecule has 0 spiro atoms. The number of hydrogen-bond acceptors (Lipinski definition) is 6. The van der Waals surface area contributed by atoms with Crippen LogP contribution in [0.2, 0.25) is 0 Å². The zero-order valence-electron chi connectivity index (χ0n) is 10.8. The fraction of sp³-hybridized carbons (Fsp3) is 0.385. The molecule has 19 heavy (non-hydrogen) atoms. The van der Waals surface area contributed by atoms with Gasteiger partial charge < -0.3 is 21.1 Å². The Hall–Kier alpha value is -2.24. The summed E-state index contributed by atoms with van der Waals surface area (Å²) in [7, 11) is 1.36. The molecule has 1 aliphatic heterocycles. The summed E-state index contributed by atoms with van der Waals surface area (Å²) in [5, 5.41) is 0. The van der Waals surface area contributed by atoms with E-state index in [1.807, 2.05) is 4.90 Å². The Labute approximate surface area is 111 Å². The standard InChI is InChI=1S/C13H17N3O3/c1-19-13(18)3-5-16-4-2-12(17)8-6-9(14)10(15)7-11(8)16/h6-7H,2-5,14-15H2,1H3. The highest BCUT2D eigenvalue weighted by molar-refractivity contribution is 6.05. The van der Waals surface area contributed by atoms with Crippen molar-refractivity contribution in [1.29, 1.82) is 0 Å². The zero-order chi connectivity index (χ0) is 14.0. The number of hydrogen-bond donors (Lipinski definition) is 2. The van der Waals surface area contributed by atoms with Gasteiger partial charge in [0.05, 0.1) is 24.9 Å². The number of fused-ring (bicyclic) bond motifs is 1. The van der Waals surface area contributed by atoms with E-state index in [-0.39, 0.29) is 18.2 Å². The smallest absolute Gasteiger partial charge is 0.307 e. The Kier molecular flexibility index (Phi) is 3.59. The van der Waals surface area contributed by atoms with Gasteiger partial charge in [-0.15, -0.1) is 0 Å². The van der Waals surface area contributed by atoms with Crippen molar-refractivity contribution in [2.75, 3.05) is 36.6 Å². The Morgan fingerprint density at radius 2 is 2.05 bits per heavy atom. The summed E-state index contributed by atoms with van der Waals surface area (Å²) in [5.41, 5.74) is 13.7. The van der Waals surface area contributed by atoms with Gasteiger partial charge in [0.1, 0.15) is 0 Å². The molecule has 2 rings (SSSR count). The van der Waals surface area contributed by atoms with Crippen molar-refractivity contribution in [2.24, 2.45) is 0 Å². The van der Waals surface area contributed by atoms with Gasteiger partial charge >= 0.3 is 5.97 Å². The van der Waals surface area contributed by atoms with E-state index in [2.05, 4.69) is 4.74 Å². The van der Waals surface area contributed by atoms with Gasteiger partial charge in [0, 0.05) is 30.8 Å². The summed E-state index contributed by atoms with van der Waals surface area (Å²) in [6, 6.07) is 3.30. The number of rotatable bonds is 3. The Morgan fingerprint density at radius 3 is 2.74 bits per heavy atom. The first-order valence-corrected chi connectivity index (χ1v) is 6.07. The molecular formula is C13H17N3O3. The van der Waals surface area contributed by atoms with E-state index < -0.39 is 0 Å². The van der Waals surface area contributed by atoms with Crippen LogP contribution in [-0.4, -0.2) is 32.0 Å². The fourth-order valence-corrected chi connectivity index (χ4v) is 2.16. The van der Waals surface area contributed by atoms with Gasteiger partial charge in [-0.25, -0.2) is 0 Å². The second-order valence-electron chi connectivity index (χ2n) is 4.48. The highest BCUT2D eigenvalue weighted by Gasteiger charge is 2.24. The summed E-state index contributed by atoms with van der Waals surface area (Å²) in [5.74, 6) is -0.224. The lowest BCUT2D eigenvalue weighted by molar-refractivity contribution is -0.140. The summed E-state index contributed by atoms with van der Waals surface area (Å²) < 4.78 is 4.62. The number of nitrogens with zero attached hydrogens (tertiary/aromatic N) is 1. The van der Waals surface area contributed by atoms with E-state index in [1.165, 1.54) is 7.11 Å². The van der Waals surface area contributed by atoms with Crippen LogP contribution in [0.5, 0.6) is 0 Å². The quantitative estimate of drug-likeness (QED) is 0.618. The second-order valence-corrected chi connectivity index (χ2v) is 4.48. The van der Waals surface area contributed by atoms with Crippen molar-refractivity contribution in [2.45, 2.75) is 12.8 Å². The van der Waals surface area contributed by atoms with E-state index >= 15 is 0 Å². The minimum absolute atomic E-state index is 0.0519. The van der Waals surface area contributed by atoms with E-state index in [4.69, 9.17) is 11.5 Å². The molecule has 4 N–H and O–H groups in total. The highest BCUT2D eigenvalue weighted by atomic mass is 16.5. The van der Waals surface area contributed by atoms with Gasteiger partial charge in [0.2, 0.25) is 0 Å². The SMILES string of the molecule is COC(=O)CCN1CCC(=O)c2cc(N)c(N)cc21.